The van der Waals surface area contributed by atoms with Crippen LogP contribution in [-0.4, -0.2) is 48.0 Å². The van der Waals surface area contributed by atoms with E-state index in [2.05, 4.69) is 14.8 Å². The standard InChI is InChI=1S/C17H19N3O3/c21-14-10-16-15(22-12-23-16)9-13(14)11-19-5-7-20(8-6-19)17-3-1-2-4-18-17/h1-4,9-10,21H,5-8,11-12H2. The molecule has 0 atom stereocenters. The van der Waals surface area contributed by atoms with Gasteiger partial charge >= 0.3 is 0 Å². The quantitative estimate of drug-likeness (QED) is 0.933. The zero-order valence-corrected chi connectivity index (χ0v) is 12.8. The van der Waals surface area contributed by atoms with Crippen molar-refractivity contribution in [2.45, 2.75) is 6.54 Å². The van der Waals surface area contributed by atoms with Crippen molar-refractivity contribution in [1.82, 2.24) is 9.88 Å². The van der Waals surface area contributed by atoms with E-state index in [9.17, 15) is 5.11 Å². The number of rotatable bonds is 3. The zero-order chi connectivity index (χ0) is 15.6. The first-order valence-corrected chi connectivity index (χ1v) is 7.79. The third-order valence-electron chi connectivity index (χ3n) is 4.31. The zero-order valence-electron chi connectivity index (χ0n) is 12.8. The lowest BCUT2D eigenvalue weighted by Gasteiger charge is -2.35. The summed E-state index contributed by atoms with van der Waals surface area (Å²) in [5.41, 5.74) is 0.875. The Morgan fingerprint density at radius 2 is 1.83 bits per heavy atom. The maximum atomic E-state index is 10.2. The van der Waals surface area contributed by atoms with Gasteiger partial charge in [-0.25, -0.2) is 4.98 Å². The van der Waals surface area contributed by atoms with Crippen LogP contribution in [0.3, 0.4) is 0 Å². The largest absolute Gasteiger partial charge is 0.507 e. The summed E-state index contributed by atoms with van der Waals surface area (Å²) in [6.45, 7) is 4.67. The minimum absolute atomic E-state index is 0.223. The Morgan fingerprint density at radius 1 is 1.04 bits per heavy atom. The summed E-state index contributed by atoms with van der Waals surface area (Å²) in [6.07, 6.45) is 1.83. The van der Waals surface area contributed by atoms with Gasteiger partial charge in [0.05, 0.1) is 0 Å². The van der Waals surface area contributed by atoms with Crippen molar-refractivity contribution >= 4 is 5.82 Å². The fourth-order valence-corrected chi connectivity index (χ4v) is 3.02. The van der Waals surface area contributed by atoms with E-state index in [1.807, 2.05) is 30.5 Å². The van der Waals surface area contributed by atoms with E-state index in [-0.39, 0.29) is 12.5 Å². The molecule has 1 fully saturated rings. The van der Waals surface area contributed by atoms with Crippen LogP contribution in [0.5, 0.6) is 17.2 Å². The van der Waals surface area contributed by atoms with Crippen molar-refractivity contribution < 1.29 is 14.6 Å². The molecule has 2 aliphatic heterocycles. The molecule has 0 aliphatic carbocycles. The summed E-state index contributed by atoms with van der Waals surface area (Å²) in [6, 6.07) is 9.51. The number of nitrogens with zero attached hydrogens (tertiary/aromatic N) is 3. The molecule has 4 rings (SSSR count). The normalized spacial score (nSPS) is 17.5. The van der Waals surface area contributed by atoms with Crippen molar-refractivity contribution in [2.75, 3.05) is 37.9 Å². The molecular weight excluding hydrogens is 294 g/mol. The lowest BCUT2D eigenvalue weighted by atomic mass is 10.1. The molecule has 2 aliphatic rings. The molecule has 0 unspecified atom stereocenters. The molecule has 0 radical (unpaired) electrons. The van der Waals surface area contributed by atoms with E-state index in [0.29, 0.717) is 18.0 Å². The van der Waals surface area contributed by atoms with Gasteiger partial charge in [0.25, 0.3) is 0 Å². The van der Waals surface area contributed by atoms with Crippen molar-refractivity contribution in [3.63, 3.8) is 0 Å². The number of aromatic hydroxyl groups is 1. The number of fused-ring (bicyclic) bond motifs is 1. The summed E-state index contributed by atoms with van der Waals surface area (Å²) in [5, 5.41) is 10.2. The van der Waals surface area contributed by atoms with Crippen molar-refractivity contribution in [3.05, 3.63) is 42.1 Å². The molecule has 0 spiro atoms. The van der Waals surface area contributed by atoms with Gasteiger partial charge in [-0.3, -0.25) is 4.90 Å². The molecule has 1 saturated heterocycles. The fourth-order valence-electron chi connectivity index (χ4n) is 3.02. The summed E-state index contributed by atoms with van der Waals surface area (Å²) in [4.78, 5) is 9.02. The number of anilines is 1. The molecule has 0 amide bonds. The first-order valence-electron chi connectivity index (χ1n) is 7.79. The van der Waals surface area contributed by atoms with Gasteiger partial charge in [0.2, 0.25) is 6.79 Å². The van der Waals surface area contributed by atoms with Gasteiger partial charge < -0.3 is 19.5 Å². The van der Waals surface area contributed by atoms with Crippen LogP contribution in [0.25, 0.3) is 0 Å². The minimum atomic E-state index is 0.223. The highest BCUT2D eigenvalue weighted by atomic mass is 16.7. The van der Waals surface area contributed by atoms with Crippen LogP contribution in [0.15, 0.2) is 36.5 Å². The molecule has 2 aromatic rings. The van der Waals surface area contributed by atoms with E-state index in [4.69, 9.17) is 9.47 Å². The molecule has 120 valence electrons. The molecule has 1 aromatic carbocycles. The molecule has 3 heterocycles. The first-order chi connectivity index (χ1) is 11.3. The van der Waals surface area contributed by atoms with Crippen LogP contribution >= 0.6 is 0 Å². The average molecular weight is 313 g/mol. The van der Waals surface area contributed by atoms with Crippen LogP contribution < -0.4 is 14.4 Å². The average Bonchev–Trinajstić information content (AvgIpc) is 3.04. The SMILES string of the molecule is Oc1cc2c(cc1CN1CCN(c3ccccn3)CC1)OCO2. The maximum absolute atomic E-state index is 10.2. The Balaban J connectivity index is 1.40. The Morgan fingerprint density at radius 3 is 2.57 bits per heavy atom. The summed E-state index contributed by atoms with van der Waals surface area (Å²) in [7, 11) is 0. The van der Waals surface area contributed by atoms with Crippen molar-refractivity contribution in [3.8, 4) is 17.2 Å². The van der Waals surface area contributed by atoms with E-state index in [0.717, 1.165) is 37.6 Å². The number of phenolic OH excluding ortho intramolecular Hbond substituents is 1. The van der Waals surface area contributed by atoms with E-state index in [1.54, 1.807) is 6.07 Å². The highest BCUT2D eigenvalue weighted by molar-refractivity contribution is 5.51. The lowest BCUT2D eigenvalue weighted by molar-refractivity contribution is 0.173. The van der Waals surface area contributed by atoms with Gasteiger partial charge in [-0.1, -0.05) is 6.07 Å². The Kier molecular flexibility index (Phi) is 3.67. The van der Waals surface area contributed by atoms with Gasteiger partial charge in [-0.05, 0) is 18.2 Å². The molecule has 1 aromatic heterocycles. The monoisotopic (exact) mass is 313 g/mol. The van der Waals surface area contributed by atoms with Gasteiger partial charge in [0.1, 0.15) is 11.6 Å². The summed E-state index contributed by atoms with van der Waals surface area (Å²) in [5.74, 6) is 2.62. The Bertz CT molecular complexity index is 685. The highest BCUT2D eigenvalue weighted by Gasteiger charge is 2.21. The van der Waals surface area contributed by atoms with E-state index < -0.39 is 0 Å². The number of hydrogen-bond acceptors (Lipinski definition) is 6. The van der Waals surface area contributed by atoms with Gasteiger partial charge in [0, 0.05) is 50.6 Å². The second-order valence-electron chi connectivity index (χ2n) is 5.79. The van der Waals surface area contributed by atoms with Crippen LogP contribution in [0.1, 0.15) is 5.56 Å². The molecule has 0 bridgehead atoms. The topological polar surface area (TPSA) is 58.1 Å². The number of piperazine rings is 1. The predicted octanol–water partition coefficient (Wildman–Crippen LogP) is 1.84. The van der Waals surface area contributed by atoms with Crippen LogP contribution in [0.4, 0.5) is 5.82 Å². The number of phenols is 1. The van der Waals surface area contributed by atoms with Crippen molar-refractivity contribution in [1.29, 1.82) is 0 Å². The number of pyridine rings is 1. The number of ether oxygens (including phenoxy) is 2. The number of benzene rings is 1. The predicted molar refractivity (Wildman–Crippen MR) is 86.0 cm³/mol. The van der Waals surface area contributed by atoms with Crippen molar-refractivity contribution in [2.24, 2.45) is 0 Å². The summed E-state index contributed by atoms with van der Waals surface area (Å²) >= 11 is 0. The first kappa shape index (κ1) is 14.1. The number of aromatic nitrogens is 1. The molecular formula is C17H19N3O3. The lowest BCUT2D eigenvalue weighted by Crippen LogP contribution is -2.46. The number of hydrogen-bond donors (Lipinski definition) is 1. The Labute approximate surface area is 134 Å². The smallest absolute Gasteiger partial charge is 0.231 e. The van der Waals surface area contributed by atoms with E-state index >= 15 is 0 Å². The third kappa shape index (κ3) is 2.90. The van der Waals surface area contributed by atoms with Crippen LogP contribution in [0, 0.1) is 0 Å². The maximum Gasteiger partial charge on any atom is 0.231 e. The van der Waals surface area contributed by atoms with Gasteiger partial charge in [-0.2, -0.15) is 0 Å². The second kappa shape index (κ2) is 5.96. The fraction of sp³-hybridized carbons (Fsp3) is 0.353. The van der Waals surface area contributed by atoms with Gasteiger partial charge in [0.15, 0.2) is 11.5 Å². The van der Waals surface area contributed by atoms with Gasteiger partial charge in [-0.15, -0.1) is 0 Å². The van der Waals surface area contributed by atoms with Crippen LogP contribution in [0.2, 0.25) is 0 Å². The molecule has 23 heavy (non-hydrogen) atoms. The van der Waals surface area contributed by atoms with Crippen LogP contribution in [-0.2, 0) is 6.54 Å². The molecule has 1 N–H and O–H groups in total. The second-order valence-corrected chi connectivity index (χ2v) is 5.79. The molecule has 6 nitrogen and oxygen atoms in total. The highest BCUT2D eigenvalue weighted by Crippen LogP contribution is 2.38. The third-order valence-corrected chi connectivity index (χ3v) is 4.31. The summed E-state index contributed by atoms with van der Waals surface area (Å²) < 4.78 is 10.7. The minimum Gasteiger partial charge on any atom is -0.507 e. The molecule has 0 saturated carbocycles. The molecule has 6 heteroatoms. The van der Waals surface area contributed by atoms with E-state index in [1.165, 1.54) is 0 Å². The Hall–Kier alpha value is -2.47.